The van der Waals surface area contributed by atoms with Gasteiger partial charge >= 0.3 is 0 Å². The van der Waals surface area contributed by atoms with Gasteiger partial charge in [-0.15, -0.1) is 0 Å². The maximum Gasteiger partial charge on any atom is 0.145 e. The number of hydrogen-bond donors (Lipinski definition) is 1. The molecule has 1 aliphatic heterocycles. The van der Waals surface area contributed by atoms with E-state index in [0.717, 1.165) is 38.4 Å². The number of rotatable bonds is 3. The van der Waals surface area contributed by atoms with Gasteiger partial charge in [0.2, 0.25) is 0 Å². The molecule has 82 valence electrons. The first kappa shape index (κ1) is 10.2. The van der Waals surface area contributed by atoms with Gasteiger partial charge in [0, 0.05) is 25.5 Å². The molecule has 1 aromatic rings. The second-order valence-corrected chi connectivity index (χ2v) is 3.78. The number of aromatic nitrogens is 1. The van der Waals surface area contributed by atoms with Crippen LogP contribution in [-0.4, -0.2) is 24.8 Å². The molecule has 0 radical (unpaired) electrons. The number of nitrogens with two attached hydrogens (primary N) is 1. The smallest absolute Gasteiger partial charge is 0.145 e. The average Bonchev–Trinajstić information content (AvgIpc) is 2.29. The summed E-state index contributed by atoms with van der Waals surface area (Å²) < 4.78 is 10.9. The fraction of sp³-hybridized carbons (Fsp3) is 0.545. The van der Waals surface area contributed by atoms with E-state index in [1.165, 1.54) is 0 Å². The highest BCUT2D eigenvalue weighted by Crippen LogP contribution is 2.21. The molecule has 1 aliphatic rings. The van der Waals surface area contributed by atoms with Crippen molar-refractivity contribution in [3.05, 3.63) is 18.5 Å². The number of pyridine rings is 1. The molecule has 0 amide bonds. The van der Waals surface area contributed by atoms with E-state index in [-0.39, 0.29) is 0 Å². The van der Waals surface area contributed by atoms with Gasteiger partial charge in [0.15, 0.2) is 0 Å². The second kappa shape index (κ2) is 4.98. The number of nitrogen functional groups attached to an aromatic ring is 1. The summed E-state index contributed by atoms with van der Waals surface area (Å²) in [6.07, 6.45) is 5.45. The van der Waals surface area contributed by atoms with Crippen LogP contribution in [0.15, 0.2) is 18.5 Å². The minimum Gasteiger partial charge on any atom is -0.491 e. The Morgan fingerprint density at radius 2 is 2.27 bits per heavy atom. The quantitative estimate of drug-likeness (QED) is 0.817. The highest BCUT2D eigenvalue weighted by Gasteiger charge is 2.14. The second-order valence-electron chi connectivity index (χ2n) is 3.78. The summed E-state index contributed by atoms with van der Waals surface area (Å²) >= 11 is 0. The van der Waals surface area contributed by atoms with Crippen LogP contribution in [-0.2, 0) is 4.74 Å². The number of nitrogens with zero attached hydrogens (tertiary/aromatic N) is 1. The van der Waals surface area contributed by atoms with E-state index in [4.69, 9.17) is 15.2 Å². The lowest BCUT2D eigenvalue weighted by molar-refractivity contribution is 0.0498. The Balaban J connectivity index is 1.84. The van der Waals surface area contributed by atoms with Crippen LogP contribution in [0.5, 0.6) is 5.75 Å². The molecule has 2 N–H and O–H groups in total. The molecule has 4 nitrogen and oxygen atoms in total. The van der Waals surface area contributed by atoms with E-state index < -0.39 is 0 Å². The van der Waals surface area contributed by atoms with E-state index >= 15 is 0 Å². The molecule has 2 rings (SSSR count). The summed E-state index contributed by atoms with van der Waals surface area (Å²) in [5.74, 6) is 1.32. The van der Waals surface area contributed by atoms with Crippen LogP contribution in [0.4, 0.5) is 5.69 Å². The highest BCUT2D eigenvalue weighted by atomic mass is 16.5. The standard InChI is InChI=1S/C11H16N2O2/c12-10-7-13-4-1-11(10)15-8-9-2-5-14-6-3-9/h1,4,7,9H,2-3,5-6,8,12H2. The molecule has 0 spiro atoms. The molecule has 0 unspecified atom stereocenters. The van der Waals surface area contributed by atoms with Gasteiger partial charge in [0.1, 0.15) is 5.75 Å². The average molecular weight is 208 g/mol. The lowest BCUT2D eigenvalue weighted by atomic mass is 10.0. The third-order valence-electron chi connectivity index (χ3n) is 2.63. The van der Waals surface area contributed by atoms with Gasteiger partial charge in [-0.3, -0.25) is 4.98 Å². The Morgan fingerprint density at radius 1 is 1.47 bits per heavy atom. The van der Waals surface area contributed by atoms with Crippen molar-refractivity contribution in [2.24, 2.45) is 5.92 Å². The van der Waals surface area contributed by atoms with Gasteiger partial charge in [-0.2, -0.15) is 0 Å². The monoisotopic (exact) mass is 208 g/mol. The van der Waals surface area contributed by atoms with Gasteiger partial charge in [-0.1, -0.05) is 0 Å². The van der Waals surface area contributed by atoms with Gasteiger partial charge in [0.25, 0.3) is 0 Å². The van der Waals surface area contributed by atoms with Crippen molar-refractivity contribution in [2.75, 3.05) is 25.6 Å². The van der Waals surface area contributed by atoms with Crippen LogP contribution < -0.4 is 10.5 Å². The molecule has 0 saturated carbocycles. The van der Waals surface area contributed by atoms with Gasteiger partial charge < -0.3 is 15.2 Å². The fourth-order valence-electron chi connectivity index (χ4n) is 1.65. The van der Waals surface area contributed by atoms with Gasteiger partial charge in [0.05, 0.1) is 18.5 Å². The summed E-state index contributed by atoms with van der Waals surface area (Å²) in [5.41, 5.74) is 6.33. The Bertz CT molecular complexity index is 311. The molecule has 4 heteroatoms. The van der Waals surface area contributed by atoms with E-state index in [0.29, 0.717) is 11.6 Å². The summed E-state index contributed by atoms with van der Waals surface area (Å²) in [7, 11) is 0. The molecule has 0 aromatic carbocycles. The first-order valence-electron chi connectivity index (χ1n) is 5.26. The Hall–Kier alpha value is -1.29. The Morgan fingerprint density at radius 3 is 3.00 bits per heavy atom. The maximum absolute atomic E-state index is 5.72. The highest BCUT2D eigenvalue weighted by molar-refractivity contribution is 5.49. The van der Waals surface area contributed by atoms with Crippen LogP contribution in [0, 0.1) is 5.92 Å². The molecule has 2 heterocycles. The zero-order chi connectivity index (χ0) is 10.5. The van der Waals surface area contributed by atoms with Crippen molar-refractivity contribution in [2.45, 2.75) is 12.8 Å². The molecular formula is C11H16N2O2. The van der Waals surface area contributed by atoms with E-state index in [9.17, 15) is 0 Å². The fourth-order valence-corrected chi connectivity index (χ4v) is 1.65. The lowest BCUT2D eigenvalue weighted by Crippen LogP contribution is -2.21. The number of anilines is 1. The van der Waals surface area contributed by atoms with Crippen molar-refractivity contribution in [3.8, 4) is 5.75 Å². The molecule has 0 bridgehead atoms. The maximum atomic E-state index is 5.72. The van der Waals surface area contributed by atoms with E-state index in [1.807, 2.05) is 0 Å². The third kappa shape index (κ3) is 2.83. The third-order valence-corrected chi connectivity index (χ3v) is 2.63. The van der Waals surface area contributed by atoms with Crippen LogP contribution in [0.3, 0.4) is 0 Å². The predicted molar refractivity (Wildman–Crippen MR) is 57.7 cm³/mol. The van der Waals surface area contributed by atoms with Crippen molar-refractivity contribution in [1.82, 2.24) is 4.98 Å². The molecule has 15 heavy (non-hydrogen) atoms. The summed E-state index contributed by atoms with van der Waals surface area (Å²) in [6.45, 7) is 2.41. The summed E-state index contributed by atoms with van der Waals surface area (Å²) in [5, 5.41) is 0. The lowest BCUT2D eigenvalue weighted by Gasteiger charge is -2.22. The summed E-state index contributed by atoms with van der Waals surface area (Å²) in [6, 6.07) is 1.80. The van der Waals surface area contributed by atoms with Crippen molar-refractivity contribution < 1.29 is 9.47 Å². The molecule has 1 saturated heterocycles. The van der Waals surface area contributed by atoms with Gasteiger partial charge in [-0.05, 0) is 18.8 Å². The SMILES string of the molecule is Nc1cnccc1OCC1CCOCC1. The number of hydrogen-bond acceptors (Lipinski definition) is 4. The van der Waals surface area contributed by atoms with Crippen molar-refractivity contribution >= 4 is 5.69 Å². The largest absolute Gasteiger partial charge is 0.491 e. The van der Waals surface area contributed by atoms with Crippen LogP contribution in [0.2, 0.25) is 0 Å². The van der Waals surface area contributed by atoms with Crippen LogP contribution in [0.1, 0.15) is 12.8 Å². The van der Waals surface area contributed by atoms with Crippen LogP contribution >= 0.6 is 0 Å². The molecule has 1 fully saturated rings. The topological polar surface area (TPSA) is 57.4 Å². The first-order chi connectivity index (χ1) is 7.36. The molecule has 0 aliphatic carbocycles. The van der Waals surface area contributed by atoms with E-state index in [2.05, 4.69) is 4.98 Å². The zero-order valence-corrected chi connectivity index (χ0v) is 8.69. The Kier molecular flexibility index (Phi) is 3.40. The first-order valence-corrected chi connectivity index (χ1v) is 5.26. The Labute approximate surface area is 89.4 Å². The minimum atomic E-state index is 0.589. The zero-order valence-electron chi connectivity index (χ0n) is 8.69. The van der Waals surface area contributed by atoms with Crippen molar-refractivity contribution in [3.63, 3.8) is 0 Å². The molecule has 1 aromatic heterocycles. The minimum absolute atomic E-state index is 0.589. The summed E-state index contributed by atoms with van der Waals surface area (Å²) in [4.78, 5) is 3.91. The van der Waals surface area contributed by atoms with Crippen molar-refractivity contribution in [1.29, 1.82) is 0 Å². The molecular weight excluding hydrogens is 192 g/mol. The van der Waals surface area contributed by atoms with E-state index in [1.54, 1.807) is 18.5 Å². The van der Waals surface area contributed by atoms with Gasteiger partial charge in [-0.25, -0.2) is 0 Å². The van der Waals surface area contributed by atoms with Crippen LogP contribution in [0.25, 0.3) is 0 Å². The number of ether oxygens (including phenoxy) is 2. The predicted octanol–water partition coefficient (Wildman–Crippen LogP) is 1.47. The normalized spacial score (nSPS) is 17.6. The molecule has 0 atom stereocenters.